The Morgan fingerprint density at radius 1 is 1.00 bits per heavy atom. The number of nitrogens with one attached hydrogen (secondary N) is 1. The molecule has 2 N–H and O–H groups in total. The molecular formula is C21H16F6N2O2S. The van der Waals surface area contributed by atoms with Crippen LogP contribution >= 0.6 is 11.3 Å². The monoisotopic (exact) mass is 474 g/mol. The van der Waals surface area contributed by atoms with Gasteiger partial charge in [-0.25, -0.2) is 4.98 Å². The Labute approximate surface area is 182 Å². The molecule has 1 atom stereocenters. The molecule has 0 aliphatic carbocycles. The summed E-state index contributed by atoms with van der Waals surface area (Å²) in [6.45, 7) is -0.315. The van der Waals surface area contributed by atoms with Gasteiger partial charge in [0.05, 0.1) is 29.3 Å². The summed E-state index contributed by atoms with van der Waals surface area (Å²) in [4.78, 5) is 16.3. The van der Waals surface area contributed by atoms with Gasteiger partial charge in [0.1, 0.15) is 5.01 Å². The van der Waals surface area contributed by atoms with Gasteiger partial charge in [0.15, 0.2) is 0 Å². The summed E-state index contributed by atoms with van der Waals surface area (Å²) in [6, 6.07) is 8.80. The minimum Gasteiger partial charge on any atom is -0.387 e. The Morgan fingerprint density at radius 3 is 2.28 bits per heavy atom. The molecule has 0 aliphatic rings. The minimum atomic E-state index is -4.55. The first-order valence-corrected chi connectivity index (χ1v) is 10.1. The number of nitrogens with zero attached hydrogens (tertiary/aromatic N) is 1. The predicted molar refractivity (Wildman–Crippen MR) is 106 cm³/mol. The van der Waals surface area contributed by atoms with Crippen LogP contribution < -0.4 is 5.32 Å². The van der Waals surface area contributed by atoms with Gasteiger partial charge in [-0.1, -0.05) is 24.3 Å². The highest BCUT2D eigenvalue weighted by Crippen LogP contribution is 2.33. The number of carbonyl (C=O) groups is 1. The standard InChI is InChI=1S/C21H16F6N2O2S/c22-20(23,24)14-5-1-3-12(7-14)17(30)10-28-18(31)9-16-11-32-19(29-16)13-4-2-6-15(8-13)21(25,26)27/h1-8,11,17,30H,9-10H2,(H,28,31). The highest BCUT2D eigenvalue weighted by molar-refractivity contribution is 7.13. The van der Waals surface area contributed by atoms with Crippen molar-refractivity contribution in [1.29, 1.82) is 0 Å². The van der Waals surface area contributed by atoms with Crippen molar-refractivity contribution in [2.75, 3.05) is 6.54 Å². The van der Waals surface area contributed by atoms with Gasteiger partial charge in [-0.3, -0.25) is 4.79 Å². The molecular weight excluding hydrogens is 458 g/mol. The third-order valence-corrected chi connectivity index (χ3v) is 5.36. The SMILES string of the molecule is O=C(Cc1csc(-c2cccc(C(F)(F)F)c2)n1)NCC(O)c1cccc(C(F)(F)F)c1. The first-order valence-electron chi connectivity index (χ1n) is 9.17. The van der Waals surface area contributed by atoms with E-state index in [9.17, 15) is 36.2 Å². The number of alkyl halides is 6. The van der Waals surface area contributed by atoms with E-state index in [-0.39, 0.29) is 24.1 Å². The summed E-state index contributed by atoms with van der Waals surface area (Å²) in [6.07, 6.45) is -10.6. The third kappa shape index (κ3) is 6.07. The predicted octanol–water partition coefficient (Wildman–Crippen LogP) is 5.24. The van der Waals surface area contributed by atoms with Crippen LogP contribution in [0.1, 0.15) is 28.5 Å². The second kappa shape index (κ2) is 9.29. The molecule has 0 fully saturated rings. The highest BCUT2D eigenvalue weighted by atomic mass is 32.1. The average molecular weight is 474 g/mol. The van der Waals surface area contributed by atoms with E-state index in [1.54, 1.807) is 0 Å². The second-order valence-corrected chi connectivity index (χ2v) is 7.70. The van der Waals surface area contributed by atoms with Gasteiger partial charge in [0.25, 0.3) is 0 Å². The molecule has 2 aromatic carbocycles. The molecule has 1 aromatic heterocycles. The summed E-state index contributed by atoms with van der Waals surface area (Å²) < 4.78 is 76.9. The van der Waals surface area contributed by atoms with Crippen molar-refractivity contribution >= 4 is 17.2 Å². The maximum atomic E-state index is 12.9. The number of hydrogen-bond acceptors (Lipinski definition) is 4. The molecule has 1 heterocycles. The van der Waals surface area contributed by atoms with Gasteiger partial charge in [-0.15, -0.1) is 11.3 Å². The van der Waals surface area contributed by atoms with Gasteiger partial charge in [0, 0.05) is 17.5 Å². The summed E-state index contributed by atoms with van der Waals surface area (Å²) in [5.41, 5.74) is -1.15. The fraction of sp³-hybridized carbons (Fsp3) is 0.238. The lowest BCUT2D eigenvalue weighted by molar-refractivity contribution is -0.138. The second-order valence-electron chi connectivity index (χ2n) is 6.84. The quantitative estimate of drug-likeness (QED) is 0.481. The van der Waals surface area contributed by atoms with E-state index in [1.807, 2.05) is 0 Å². The minimum absolute atomic E-state index is 0.000570. The van der Waals surface area contributed by atoms with Gasteiger partial charge in [-0.05, 0) is 29.8 Å². The summed E-state index contributed by atoms with van der Waals surface area (Å²) in [7, 11) is 0. The number of carbonyl (C=O) groups excluding carboxylic acids is 1. The molecule has 4 nitrogen and oxygen atoms in total. The zero-order valence-electron chi connectivity index (χ0n) is 16.2. The molecule has 32 heavy (non-hydrogen) atoms. The van der Waals surface area contributed by atoms with Crippen molar-refractivity contribution in [3.63, 3.8) is 0 Å². The third-order valence-electron chi connectivity index (χ3n) is 4.42. The smallest absolute Gasteiger partial charge is 0.387 e. The van der Waals surface area contributed by atoms with E-state index >= 15 is 0 Å². The molecule has 1 unspecified atom stereocenters. The summed E-state index contributed by atoms with van der Waals surface area (Å²) >= 11 is 1.07. The fourth-order valence-corrected chi connectivity index (χ4v) is 3.64. The first kappa shape index (κ1) is 23.7. The van der Waals surface area contributed by atoms with Crippen LogP contribution in [0, 0.1) is 0 Å². The number of aliphatic hydroxyl groups excluding tert-OH is 1. The van der Waals surface area contributed by atoms with Crippen molar-refractivity contribution in [2.45, 2.75) is 24.9 Å². The zero-order valence-corrected chi connectivity index (χ0v) is 17.0. The molecule has 0 radical (unpaired) electrons. The number of rotatable bonds is 6. The zero-order chi connectivity index (χ0) is 23.5. The van der Waals surface area contributed by atoms with Crippen LogP contribution in [0.25, 0.3) is 10.6 Å². The number of halogens is 6. The van der Waals surface area contributed by atoms with Gasteiger partial charge in [0.2, 0.25) is 5.91 Å². The maximum absolute atomic E-state index is 12.9. The molecule has 0 saturated carbocycles. The maximum Gasteiger partial charge on any atom is 0.416 e. The van der Waals surface area contributed by atoms with E-state index in [1.165, 1.54) is 23.6 Å². The van der Waals surface area contributed by atoms with E-state index in [4.69, 9.17) is 0 Å². The van der Waals surface area contributed by atoms with Gasteiger partial charge < -0.3 is 10.4 Å². The van der Waals surface area contributed by atoms with Crippen LogP contribution in [0.3, 0.4) is 0 Å². The lowest BCUT2D eigenvalue weighted by Gasteiger charge is -2.14. The molecule has 0 bridgehead atoms. The Bertz CT molecular complexity index is 1090. The van der Waals surface area contributed by atoms with Crippen molar-refractivity contribution in [3.8, 4) is 10.6 Å². The highest BCUT2D eigenvalue weighted by Gasteiger charge is 2.31. The number of thiazole rings is 1. The lowest BCUT2D eigenvalue weighted by Crippen LogP contribution is -2.29. The molecule has 1 amide bonds. The van der Waals surface area contributed by atoms with Crippen LogP contribution in [0.2, 0.25) is 0 Å². The summed E-state index contributed by atoms with van der Waals surface area (Å²) in [5, 5.41) is 14.3. The number of benzene rings is 2. The summed E-state index contributed by atoms with van der Waals surface area (Å²) in [5.74, 6) is -0.545. The van der Waals surface area contributed by atoms with Crippen molar-refractivity contribution in [1.82, 2.24) is 10.3 Å². The fourth-order valence-electron chi connectivity index (χ4n) is 2.83. The van der Waals surface area contributed by atoms with Crippen molar-refractivity contribution < 1.29 is 36.2 Å². The molecule has 3 aromatic rings. The molecule has 3 rings (SSSR count). The normalized spacial score (nSPS) is 13.1. The van der Waals surface area contributed by atoms with Crippen LogP contribution in [0.15, 0.2) is 53.9 Å². The molecule has 170 valence electrons. The largest absolute Gasteiger partial charge is 0.416 e. The molecule has 0 aliphatic heterocycles. The number of hydrogen-bond donors (Lipinski definition) is 2. The Morgan fingerprint density at radius 2 is 1.62 bits per heavy atom. The number of amides is 1. The average Bonchev–Trinajstić information content (AvgIpc) is 3.19. The first-order chi connectivity index (χ1) is 14.9. The van der Waals surface area contributed by atoms with Gasteiger partial charge >= 0.3 is 12.4 Å². The Balaban J connectivity index is 1.59. The topological polar surface area (TPSA) is 62.2 Å². The van der Waals surface area contributed by atoms with Gasteiger partial charge in [-0.2, -0.15) is 26.3 Å². The van der Waals surface area contributed by atoms with E-state index in [0.29, 0.717) is 10.7 Å². The van der Waals surface area contributed by atoms with Crippen molar-refractivity contribution in [2.24, 2.45) is 0 Å². The number of aliphatic hydroxyl groups is 1. The Hall–Kier alpha value is -2.92. The van der Waals surface area contributed by atoms with E-state index in [2.05, 4.69) is 10.3 Å². The van der Waals surface area contributed by atoms with Crippen LogP contribution in [-0.2, 0) is 23.6 Å². The molecule has 0 saturated heterocycles. The molecule has 11 heteroatoms. The van der Waals surface area contributed by atoms with Crippen LogP contribution in [-0.4, -0.2) is 22.5 Å². The van der Waals surface area contributed by atoms with E-state index in [0.717, 1.165) is 41.7 Å². The van der Waals surface area contributed by atoms with E-state index < -0.39 is 35.5 Å². The lowest BCUT2D eigenvalue weighted by atomic mass is 10.1. The Kier molecular flexibility index (Phi) is 6.89. The van der Waals surface area contributed by atoms with Crippen molar-refractivity contribution in [3.05, 3.63) is 76.3 Å². The van der Waals surface area contributed by atoms with Crippen LogP contribution in [0.4, 0.5) is 26.3 Å². The number of aromatic nitrogens is 1. The molecule has 0 spiro atoms. The van der Waals surface area contributed by atoms with Crippen LogP contribution in [0.5, 0.6) is 0 Å².